The van der Waals surface area contributed by atoms with Crippen molar-refractivity contribution in [1.29, 1.82) is 0 Å². The van der Waals surface area contributed by atoms with Crippen molar-refractivity contribution in [3.05, 3.63) is 12.7 Å². The molecule has 1 atom stereocenters. The van der Waals surface area contributed by atoms with Crippen LogP contribution < -0.4 is 5.32 Å². The second-order valence-corrected chi connectivity index (χ2v) is 6.43. The Bertz CT molecular complexity index is 506. The number of rotatable bonds is 5. The molecule has 1 heterocycles. The molecule has 0 aliphatic carbocycles. The standard InChI is InChI=1S/C15H24N2O7/c1-6-7-23-12(19)16-10(11(18)22-5)15(21)8-17(9-15)13(20)24-14(2,3)4/h6,10,21H,1,7-9H2,2-5H3,(H,16,19). The molecular weight excluding hydrogens is 320 g/mol. The highest BCUT2D eigenvalue weighted by Crippen LogP contribution is 2.27. The van der Waals surface area contributed by atoms with E-state index in [-0.39, 0.29) is 19.7 Å². The highest BCUT2D eigenvalue weighted by Gasteiger charge is 2.54. The molecule has 1 rings (SSSR count). The van der Waals surface area contributed by atoms with E-state index in [1.54, 1.807) is 20.8 Å². The molecule has 0 bridgehead atoms. The normalized spacial score (nSPS) is 17.1. The molecular formula is C15H24N2O7. The van der Waals surface area contributed by atoms with Crippen LogP contribution in [0.25, 0.3) is 0 Å². The molecule has 0 spiro atoms. The van der Waals surface area contributed by atoms with Gasteiger partial charge < -0.3 is 29.5 Å². The molecule has 1 unspecified atom stereocenters. The fraction of sp³-hybridized carbons (Fsp3) is 0.667. The van der Waals surface area contributed by atoms with Crippen molar-refractivity contribution in [1.82, 2.24) is 10.2 Å². The summed E-state index contributed by atoms with van der Waals surface area (Å²) >= 11 is 0. The number of nitrogens with zero attached hydrogens (tertiary/aromatic N) is 1. The van der Waals surface area contributed by atoms with Crippen LogP contribution in [0.1, 0.15) is 20.8 Å². The average molecular weight is 344 g/mol. The monoisotopic (exact) mass is 344 g/mol. The van der Waals surface area contributed by atoms with Crippen LogP contribution in [0, 0.1) is 0 Å². The van der Waals surface area contributed by atoms with Gasteiger partial charge in [-0.05, 0) is 20.8 Å². The Balaban J connectivity index is 2.71. The van der Waals surface area contributed by atoms with Gasteiger partial charge in [-0.25, -0.2) is 14.4 Å². The summed E-state index contributed by atoms with van der Waals surface area (Å²) in [6, 6.07) is -1.38. The van der Waals surface area contributed by atoms with E-state index in [0.717, 1.165) is 7.11 Å². The lowest BCUT2D eigenvalue weighted by molar-refractivity contribution is -0.163. The molecule has 2 N–H and O–H groups in total. The van der Waals surface area contributed by atoms with Gasteiger partial charge in [-0.3, -0.25) is 0 Å². The number of alkyl carbamates (subject to hydrolysis) is 1. The van der Waals surface area contributed by atoms with E-state index in [2.05, 4.69) is 16.6 Å². The van der Waals surface area contributed by atoms with Gasteiger partial charge in [0.05, 0.1) is 20.2 Å². The Morgan fingerprint density at radius 2 is 1.96 bits per heavy atom. The van der Waals surface area contributed by atoms with Gasteiger partial charge in [0.2, 0.25) is 0 Å². The molecule has 9 heteroatoms. The van der Waals surface area contributed by atoms with Crippen molar-refractivity contribution in [3.8, 4) is 0 Å². The predicted molar refractivity (Wildman–Crippen MR) is 83.2 cm³/mol. The van der Waals surface area contributed by atoms with E-state index in [4.69, 9.17) is 9.47 Å². The highest BCUT2D eigenvalue weighted by atomic mass is 16.6. The van der Waals surface area contributed by atoms with E-state index < -0.39 is 35.4 Å². The summed E-state index contributed by atoms with van der Waals surface area (Å²) < 4.78 is 14.5. The van der Waals surface area contributed by atoms with Crippen LogP contribution in [0.3, 0.4) is 0 Å². The number of hydrogen-bond acceptors (Lipinski definition) is 7. The van der Waals surface area contributed by atoms with E-state index in [0.29, 0.717) is 0 Å². The first-order chi connectivity index (χ1) is 11.0. The van der Waals surface area contributed by atoms with Crippen LogP contribution in [-0.2, 0) is 19.0 Å². The van der Waals surface area contributed by atoms with Crippen molar-refractivity contribution in [3.63, 3.8) is 0 Å². The second-order valence-electron chi connectivity index (χ2n) is 6.43. The molecule has 24 heavy (non-hydrogen) atoms. The zero-order valence-electron chi connectivity index (χ0n) is 14.3. The van der Waals surface area contributed by atoms with Crippen molar-refractivity contribution >= 4 is 18.2 Å². The number of esters is 1. The number of aliphatic hydroxyl groups is 1. The summed E-state index contributed by atoms with van der Waals surface area (Å²) in [6.45, 7) is 8.10. The lowest BCUT2D eigenvalue weighted by atomic mass is 9.86. The summed E-state index contributed by atoms with van der Waals surface area (Å²) in [5.74, 6) is -0.850. The molecule has 1 aliphatic heterocycles. The molecule has 0 aromatic heterocycles. The minimum atomic E-state index is -1.67. The Morgan fingerprint density at radius 1 is 1.38 bits per heavy atom. The van der Waals surface area contributed by atoms with Crippen molar-refractivity contribution in [2.75, 3.05) is 26.8 Å². The van der Waals surface area contributed by atoms with Crippen LogP contribution in [-0.4, -0.2) is 72.2 Å². The Morgan fingerprint density at radius 3 is 2.42 bits per heavy atom. The molecule has 0 aromatic rings. The van der Waals surface area contributed by atoms with Gasteiger partial charge in [0.1, 0.15) is 17.8 Å². The number of likely N-dealkylation sites (tertiary alicyclic amines) is 1. The molecule has 1 saturated heterocycles. The number of ether oxygens (including phenoxy) is 3. The van der Waals surface area contributed by atoms with Gasteiger partial charge in [-0.2, -0.15) is 0 Å². The van der Waals surface area contributed by atoms with Gasteiger partial charge in [-0.1, -0.05) is 12.7 Å². The molecule has 1 aliphatic rings. The third-order valence-corrected chi connectivity index (χ3v) is 3.15. The van der Waals surface area contributed by atoms with Crippen LogP contribution in [0.2, 0.25) is 0 Å². The van der Waals surface area contributed by atoms with Gasteiger partial charge >= 0.3 is 18.2 Å². The summed E-state index contributed by atoms with van der Waals surface area (Å²) in [4.78, 5) is 36.6. The predicted octanol–water partition coefficient (Wildman–Crippen LogP) is 0.422. The topological polar surface area (TPSA) is 114 Å². The minimum absolute atomic E-state index is 0.0534. The fourth-order valence-corrected chi connectivity index (χ4v) is 2.08. The SMILES string of the molecule is C=CCOC(=O)NC(C(=O)OC)C1(O)CN(C(=O)OC(C)(C)C)C1. The maximum absolute atomic E-state index is 11.9. The molecule has 9 nitrogen and oxygen atoms in total. The first-order valence-corrected chi connectivity index (χ1v) is 7.35. The molecule has 0 radical (unpaired) electrons. The Labute approximate surface area is 140 Å². The summed E-state index contributed by atoms with van der Waals surface area (Å²) in [5.41, 5.74) is -2.35. The summed E-state index contributed by atoms with van der Waals surface area (Å²) in [6.07, 6.45) is -0.172. The van der Waals surface area contributed by atoms with Crippen LogP contribution in [0.5, 0.6) is 0 Å². The first-order valence-electron chi connectivity index (χ1n) is 7.35. The van der Waals surface area contributed by atoms with E-state index in [1.165, 1.54) is 11.0 Å². The zero-order valence-corrected chi connectivity index (χ0v) is 14.3. The number of amides is 2. The van der Waals surface area contributed by atoms with Crippen LogP contribution >= 0.6 is 0 Å². The van der Waals surface area contributed by atoms with E-state index in [9.17, 15) is 19.5 Å². The largest absolute Gasteiger partial charge is 0.467 e. The zero-order chi connectivity index (χ0) is 18.5. The molecule has 0 saturated carbocycles. The highest BCUT2D eigenvalue weighted by molar-refractivity contribution is 5.83. The lowest BCUT2D eigenvalue weighted by Gasteiger charge is -2.48. The van der Waals surface area contributed by atoms with Crippen molar-refractivity contribution < 1.29 is 33.7 Å². The lowest BCUT2D eigenvalue weighted by Crippen LogP contribution is -2.74. The number of carbonyl (C=O) groups is 3. The van der Waals surface area contributed by atoms with Gasteiger partial charge in [0, 0.05) is 0 Å². The van der Waals surface area contributed by atoms with E-state index >= 15 is 0 Å². The fourth-order valence-electron chi connectivity index (χ4n) is 2.08. The van der Waals surface area contributed by atoms with Gasteiger partial charge in [0.25, 0.3) is 0 Å². The maximum atomic E-state index is 11.9. The van der Waals surface area contributed by atoms with E-state index in [1.807, 2.05) is 0 Å². The number of hydrogen-bond donors (Lipinski definition) is 2. The van der Waals surface area contributed by atoms with Crippen LogP contribution in [0.15, 0.2) is 12.7 Å². The minimum Gasteiger partial charge on any atom is -0.467 e. The second kappa shape index (κ2) is 7.52. The quantitative estimate of drug-likeness (QED) is 0.422. The smallest absolute Gasteiger partial charge is 0.410 e. The molecule has 136 valence electrons. The van der Waals surface area contributed by atoms with Crippen LogP contribution in [0.4, 0.5) is 9.59 Å². The third kappa shape index (κ3) is 5.12. The summed E-state index contributed by atoms with van der Waals surface area (Å²) in [5, 5.41) is 12.8. The number of β-amino-alcohol motifs (C(OH)–C–C–N with tert-alkyl or cyclic N) is 1. The average Bonchev–Trinajstić information content (AvgIpc) is 2.44. The molecule has 2 amide bonds. The molecule has 0 aromatic carbocycles. The third-order valence-electron chi connectivity index (χ3n) is 3.15. The molecule has 1 fully saturated rings. The Kier molecular flexibility index (Phi) is 6.19. The number of carbonyl (C=O) groups excluding carboxylic acids is 3. The maximum Gasteiger partial charge on any atom is 0.410 e. The Hall–Kier alpha value is -2.29. The van der Waals surface area contributed by atoms with Gasteiger partial charge in [0.15, 0.2) is 6.04 Å². The van der Waals surface area contributed by atoms with Gasteiger partial charge in [-0.15, -0.1) is 0 Å². The first kappa shape index (κ1) is 19.8. The van der Waals surface area contributed by atoms with Crippen molar-refractivity contribution in [2.45, 2.75) is 38.0 Å². The summed E-state index contributed by atoms with van der Waals surface area (Å²) in [7, 11) is 1.12. The number of nitrogens with one attached hydrogen (secondary N) is 1. The van der Waals surface area contributed by atoms with Crippen molar-refractivity contribution in [2.24, 2.45) is 0 Å². The number of methoxy groups -OCH3 is 1.